The topological polar surface area (TPSA) is 58.0 Å². The highest BCUT2D eigenvalue weighted by molar-refractivity contribution is 5.43. The number of piperazine rings is 1. The van der Waals surface area contributed by atoms with Gasteiger partial charge in [-0.25, -0.2) is 19.9 Å². The van der Waals surface area contributed by atoms with Crippen LogP contribution in [0.15, 0.2) is 18.5 Å². The summed E-state index contributed by atoms with van der Waals surface area (Å²) in [5.74, 6) is 3.11. The summed E-state index contributed by atoms with van der Waals surface area (Å²) < 4.78 is 0. The van der Waals surface area contributed by atoms with Crippen molar-refractivity contribution in [2.45, 2.75) is 33.6 Å². The second-order valence-electron chi connectivity index (χ2n) is 6.41. The van der Waals surface area contributed by atoms with Crippen molar-refractivity contribution in [3.8, 4) is 0 Å². The van der Waals surface area contributed by atoms with Gasteiger partial charge in [0, 0.05) is 56.3 Å². The van der Waals surface area contributed by atoms with Gasteiger partial charge in [-0.15, -0.1) is 0 Å². The molecule has 2 aromatic heterocycles. The van der Waals surface area contributed by atoms with Gasteiger partial charge in [-0.05, 0) is 19.4 Å². The van der Waals surface area contributed by atoms with Crippen molar-refractivity contribution >= 4 is 11.8 Å². The molecule has 0 aromatic carbocycles. The molecule has 3 heterocycles. The summed E-state index contributed by atoms with van der Waals surface area (Å²) in [5.41, 5.74) is 2.12. The fraction of sp³-hybridized carbons (Fsp3) is 0.529. The quantitative estimate of drug-likeness (QED) is 0.867. The summed E-state index contributed by atoms with van der Waals surface area (Å²) in [6.07, 6.45) is 3.74. The molecular formula is C17H24N6. The van der Waals surface area contributed by atoms with Gasteiger partial charge in [0.05, 0.1) is 0 Å². The Morgan fingerprint density at radius 3 is 2.13 bits per heavy atom. The Morgan fingerprint density at radius 2 is 1.52 bits per heavy atom. The van der Waals surface area contributed by atoms with E-state index in [4.69, 9.17) is 4.98 Å². The molecule has 1 fully saturated rings. The van der Waals surface area contributed by atoms with Crippen molar-refractivity contribution in [1.82, 2.24) is 19.9 Å². The highest BCUT2D eigenvalue weighted by Gasteiger charge is 2.21. The van der Waals surface area contributed by atoms with Crippen LogP contribution in [0.4, 0.5) is 11.8 Å². The lowest BCUT2D eigenvalue weighted by atomic mass is 10.2. The van der Waals surface area contributed by atoms with Crippen LogP contribution in [0.2, 0.25) is 0 Å². The maximum absolute atomic E-state index is 4.73. The van der Waals surface area contributed by atoms with E-state index in [1.54, 1.807) is 0 Å². The third-order valence-corrected chi connectivity index (χ3v) is 4.03. The second-order valence-corrected chi connectivity index (χ2v) is 6.41. The summed E-state index contributed by atoms with van der Waals surface area (Å²) in [6.45, 7) is 12.0. The highest BCUT2D eigenvalue weighted by Crippen LogP contribution is 2.19. The van der Waals surface area contributed by atoms with Gasteiger partial charge in [0.1, 0.15) is 11.6 Å². The van der Waals surface area contributed by atoms with Crippen molar-refractivity contribution in [2.24, 2.45) is 0 Å². The monoisotopic (exact) mass is 312 g/mol. The largest absolute Gasteiger partial charge is 0.353 e. The van der Waals surface area contributed by atoms with Crippen LogP contribution >= 0.6 is 0 Å². The molecule has 0 aliphatic carbocycles. The van der Waals surface area contributed by atoms with E-state index in [-0.39, 0.29) is 0 Å². The first kappa shape index (κ1) is 15.6. The molecule has 2 aromatic rings. The predicted molar refractivity (Wildman–Crippen MR) is 92.1 cm³/mol. The Morgan fingerprint density at radius 1 is 0.913 bits per heavy atom. The van der Waals surface area contributed by atoms with Crippen LogP contribution < -0.4 is 9.80 Å². The van der Waals surface area contributed by atoms with Crippen molar-refractivity contribution in [2.75, 3.05) is 36.0 Å². The van der Waals surface area contributed by atoms with E-state index in [1.807, 2.05) is 26.2 Å². The van der Waals surface area contributed by atoms with E-state index >= 15 is 0 Å². The summed E-state index contributed by atoms with van der Waals surface area (Å²) in [6, 6.07) is 2.07. The van der Waals surface area contributed by atoms with E-state index in [1.165, 1.54) is 0 Å². The molecule has 0 spiro atoms. The molecule has 1 saturated heterocycles. The number of rotatable bonds is 3. The van der Waals surface area contributed by atoms with Gasteiger partial charge in [-0.1, -0.05) is 13.8 Å². The number of aryl methyl sites for hydroxylation is 2. The molecule has 0 amide bonds. The van der Waals surface area contributed by atoms with Gasteiger partial charge in [-0.3, -0.25) is 0 Å². The molecule has 0 bridgehead atoms. The summed E-state index contributed by atoms with van der Waals surface area (Å²) in [5, 5.41) is 0. The molecule has 0 N–H and O–H groups in total. The van der Waals surface area contributed by atoms with E-state index in [9.17, 15) is 0 Å². The molecule has 122 valence electrons. The summed E-state index contributed by atoms with van der Waals surface area (Å²) in [7, 11) is 0. The first-order valence-corrected chi connectivity index (χ1v) is 8.17. The molecule has 23 heavy (non-hydrogen) atoms. The van der Waals surface area contributed by atoms with Crippen LogP contribution in [-0.2, 0) is 0 Å². The van der Waals surface area contributed by atoms with Gasteiger partial charge < -0.3 is 9.80 Å². The highest BCUT2D eigenvalue weighted by atomic mass is 15.3. The minimum atomic E-state index is 0.343. The zero-order valence-corrected chi connectivity index (χ0v) is 14.3. The minimum absolute atomic E-state index is 0.343. The van der Waals surface area contributed by atoms with Crippen molar-refractivity contribution in [1.29, 1.82) is 0 Å². The summed E-state index contributed by atoms with van der Waals surface area (Å²) >= 11 is 0. The maximum Gasteiger partial charge on any atom is 0.225 e. The lowest BCUT2D eigenvalue weighted by molar-refractivity contribution is 0.629. The number of hydrogen-bond donors (Lipinski definition) is 0. The van der Waals surface area contributed by atoms with E-state index in [0.29, 0.717) is 5.92 Å². The number of nitrogens with zero attached hydrogens (tertiary/aromatic N) is 6. The molecular weight excluding hydrogens is 288 g/mol. The fourth-order valence-corrected chi connectivity index (χ4v) is 2.68. The Hall–Kier alpha value is -2.24. The fourth-order valence-electron chi connectivity index (χ4n) is 2.68. The standard InChI is InChI=1S/C17H24N6/c1-12(2)16-20-14(4)9-15(21-16)22-5-7-23(8-6-22)17-18-10-13(3)11-19-17/h9-12H,5-8H2,1-4H3. The zero-order valence-electron chi connectivity index (χ0n) is 14.3. The molecule has 3 rings (SSSR count). The number of aromatic nitrogens is 4. The Balaban J connectivity index is 1.70. The average molecular weight is 312 g/mol. The van der Waals surface area contributed by atoms with Crippen molar-refractivity contribution in [3.05, 3.63) is 35.5 Å². The lowest BCUT2D eigenvalue weighted by Gasteiger charge is -2.35. The molecule has 0 saturated carbocycles. The second kappa shape index (κ2) is 6.48. The third kappa shape index (κ3) is 3.57. The Kier molecular flexibility index (Phi) is 4.41. The van der Waals surface area contributed by atoms with Crippen molar-refractivity contribution < 1.29 is 0 Å². The molecule has 0 radical (unpaired) electrons. The van der Waals surface area contributed by atoms with E-state index < -0.39 is 0 Å². The molecule has 0 atom stereocenters. The SMILES string of the molecule is Cc1cnc(N2CCN(c3cc(C)nc(C(C)C)n3)CC2)nc1. The molecule has 1 aliphatic heterocycles. The van der Waals surface area contributed by atoms with E-state index in [2.05, 4.69) is 44.7 Å². The van der Waals surface area contributed by atoms with Gasteiger partial charge in [0.2, 0.25) is 5.95 Å². The van der Waals surface area contributed by atoms with Crippen LogP contribution in [0.25, 0.3) is 0 Å². The molecule has 0 unspecified atom stereocenters. The Labute approximate surface area is 137 Å². The van der Waals surface area contributed by atoms with Crippen LogP contribution in [0.5, 0.6) is 0 Å². The summed E-state index contributed by atoms with van der Waals surface area (Å²) in [4.78, 5) is 22.7. The van der Waals surface area contributed by atoms with Crippen LogP contribution in [0.1, 0.15) is 36.8 Å². The normalized spacial score (nSPS) is 15.3. The maximum atomic E-state index is 4.73. The first-order valence-electron chi connectivity index (χ1n) is 8.17. The van der Waals surface area contributed by atoms with Crippen LogP contribution in [-0.4, -0.2) is 46.1 Å². The van der Waals surface area contributed by atoms with Crippen LogP contribution in [0.3, 0.4) is 0 Å². The zero-order chi connectivity index (χ0) is 16.4. The van der Waals surface area contributed by atoms with Gasteiger partial charge in [-0.2, -0.15) is 0 Å². The lowest BCUT2D eigenvalue weighted by Crippen LogP contribution is -2.47. The Bertz CT molecular complexity index is 659. The van der Waals surface area contributed by atoms with Gasteiger partial charge in [0.25, 0.3) is 0 Å². The number of hydrogen-bond acceptors (Lipinski definition) is 6. The van der Waals surface area contributed by atoms with Crippen LogP contribution in [0, 0.1) is 13.8 Å². The predicted octanol–water partition coefficient (Wildman–Crippen LogP) is 2.33. The average Bonchev–Trinajstić information content (AvgIpc) is 2.55. The molecule has 6 nitrogen and oxygen atoms in total. The third-order valence-electron chi connectivity index (χ3n) is 4.03. The smallest absolute Gasteiger partial charge is 0.225 e. The minimum Gasteiger partial charge on any atom is -0.353 e. The van der Waals surface area contributed by atoms with Gasteiger partial charge in [0.15, 0.2) is 0 Å². The molecule has 1 aliphatic rings. The molecule has 6 heteroatoms. The van der Waals surface area contributed by atoms with Gasteiger partial charge >= 0.3 is 0 Å². The number of anilines is 2. The first-order chi connectivity index (χ1) is 11.0. The van der Waals surface area contributed by atoms with Crippen molar-refractivity contribution in [3.63, 3.8) is 0 Å². The van der Waals surface area contributed by atoms with E-state index in [0.717, 1.165) is 55.0 Å².